The van der Waals surface area contributed by atoms with Crippen LogP contribution >= 0.6 is 0 Å². The number of rotatable bonds is 6. The minimum atomic E-state index is -0.562. The normalized spacial score (nSPS) is 15.7. The molecule has 156 valence electrons. The molecule has 0 bridgehead atoms. The van der Waals surface area contributed by atoms with Gasteiger partial charge in [0.25, 0.3) is 5.91 Å². The Morgan fingerprint density at radius 2 is 1.77 bits per heavy atom. The maximum Gasteiger partial charge on any atom is 0.290 e. The summed E-state index contributed by atoms with van der Waals surface area (Å²) in [4.78, 5) is 30.4. The Hall–Kier alpha value is -3.32. The molecule has 0 fully saturated rings. The van der Waals surface area contributed by atoms with Crippen LogP contribution in [0.2, 0.25) is 0 Å². The van der Waals surface area contributed by atoms with Crippen LogP contribution in [-0.2, 0) is 0 Å². The summed E-state index contributed by atoms with van der Waals surface area (Å²) in [6.45, 7) is 1.10. The SMILES string of the molecule is COc1ccc(C2c3c(oc4ccccc4c3=O)C(=O)N2CCN(C)C)cc1OC. The number of fused-ring (bicyclic) bond motifs is 2. The number of benzene rings is 2. The number of ether oxygens (including phenoxy) is 2. The van der Waals surface area contributed by atoms with Gasteiger partial charge in [-0.3, -0.25) is 9.59 Å². The van der Waals surface area contributed by atoms with Crippen LogP contribution in [0.5, 0.6) is 11.5 Å². The number of hydrogen-bond acceptors (Lipinski definition) is 6. The van der Waals surface area contributed by atoms with Crippen molar-refractivity contribution < 1.29 is 18.7 Å². The van der Waals surface area contributed by atoms with E-state index in [9.17, 15) is 9.59 Å². The molecule has 7 nitrogen and oxygen atoms in total. The Balaban J connectivity index is 1.93. The van der Waals surface area contributed by atoms with Crippen molar-refractivity contribution in [2.45, 2.75) is 6.04 Å². The number of amides is 1. The van der Waals surface area contributed by atoms with Crippen molar-refractivity contribution in [3.63, 3.8) is 0 Å². The summed E-state index contributed by atoms with van der Waals surface area (Å²) in [6, 6.07) is 11.9. The fourth-order valence-electron chi connectivity index (χ4n) is 3.87. The van der Waals surface area contributed by atoms with Gasteiger partial charge in [-0.05, 0) is 43.9 Å². The highest BCUT2D eigenvalue weighted by Crippen LogP contribution is 2.40. The molecule has 2 heterocycles. The molecular weight excluding hydrogens is 384 g/mol. The van der Waals surface area contributed by atoms with E-state index in [4.69, 9.17) is 13.9 Å². The summed E-state index contributed by atoms with van der Waals surface area (Å²) < 4.78 is 16.7. The number of methoxy groups -OCH3 is 2. The third-order valence-corrected chi connectivity index (χ3v) is 5.38. The van der Waals surface area contributed by atoms with Gasteiger partial charge in [0, 0.05) is 13.1 Å². The van der Waals surface area contributed by atoms with E-state index < -0.39 is 6.04 Å². The lowest BCUT2D eigenvalue weighted by Crippen LogP contribution is -2.35. The highest BCUT2D eigenvalue weighted by Gasteiger charge is 2.42. The smallest absolute Gasteiger partial charge is 0.290 e. The number of nitrogens with zero attached hydrogens (tertiary/aromatic N) is 2. The zero-order valence-electron chi connectivity index (χ0n) is 17.5. The first-order chi connectivity index (χ1) is 14.5. The van der Waals surface area contributed by atoms with Gasteiger partial charge in [0.05, 0.1) is 31.2 Å². The van der Waals surface area contributed by atoms with Crippen molar-refractivity contribution in [2.24, 2.45) is 0 Å². The van der Waals surface area contributed by atoms with Crippen LogP contribution in [-0.4, -0.2) is 57.1 Å². The van der Waals surface area contributed by atoms with Gasteiger partial charge in [-0.2, -0.15) is 0 Å². The van der Waals surface area contributed by atoms with Gasteiger partial charge in [0.1, 0.15) is 5.58 Å². The number of likely N-dealkylation sites (N-methyl/N-ethyl adjacent to an activating group) is 1. The van der Waals surface area contributed by atoms with E-state index in [1.165, 1.54) is 0 Å². The molecule has 1 aromatic heterocycles. The molecule has 1 aliphatic heterocycles. The summed E-state index contributed by atoms with van der Waals surface area (Å²) >= 11 is 0. The molecule has 0 saturated carbocycles. The van der Waals surface area contributed by atoms with Crippen LogP contribution in [0, 0.1) is 0 Å². The zero-order chi connectivity index (χ0) is 21.4. The van der Waals surface area contributed by atoms with Crippen LogP contribution in [0.25, 0.3) is 11.0 Å². The van der Waals surface area contributed by atoms with Crippen LogP contribution in [0.15, 0.2) is 51.7 Å². The zero-order valence-corrected chi connectivity index (χ0v) is 17.5. The quantitative estimate of drug-likeness (QED) is 0.625. The van der Waals surface area contributed by atoms with Gasteiger partial charge in [-0.25, -0.2) is 0 Å². The lowest BCUT2D eigenvalue weighted by atomic mass is 9.98. The van der Waals surface area contributed by atoms with E-state index in [0.29, 0.717) is 41.1 Å². The van der Waals surface area contributed by atoms with Gasteiger partial charge in [0.15, 0.2) is 16.9 Å². The van der Waals surface area contributed by atoms with Crippen molar-refractivity contribution in [3.05, 3.63) is 69.6 Å². The maximum absolute atomic E-state index is 13.4. The molecule has 1 unspecified atom stereocenters. The van der Waals surface area contributed by atoms with Gasteiger partial charge in [0.2, 0.25) is 5.76 Å². The third kappa shape index (κ3) is 3.21. The molecule has 30 heavy (non-hydrogen) atoms. The molecule has 0 radical (unpaired) electrons. The summed E-state index contributed by atoms with van der Waals surface area (Å²) in [5, 5.41) is 0.462. The number of para-hydroxylation sites is 1. The van der Waals surface area contributed by atoms with Crippen molar-refractivity contribution in [1.82, 2.24) is 9.80 Å². The largest absolute Gasteiger partial charge is 0.493 e. The Morgan fingerprint density at radius 3 is 2.47 bits per heavy atom. The molecule has 1 amide bonds. The molecule has 0 spiro atoms. The lowest BCUT2D eigenvalue weighted by molar-refractivity contribution is 0.0716. The van der Waals surface area contributed by atoms with E-state index in [-0.39, 0.29) is 17.1 Å². The first-order valence-corrected chi connectivity index (χ1v) is 9.69. The van der Waals surface area contributed by atoms with E-state index in [1.807, 2.05) is 31.1 Å². The minimum Gasteiger partial charge on any atom is -0.493 e. The van der Waals surface area contributed by atoms with E-state index >= 15 is 0 Å². The second-order valence-electron chi connectivity index (χ2n) is 7.49. The van der Waals surface area contributed by atoms with E-state index in [0.717, 1.165) is 5.56 Å². The molecule has 2 aromatic carbocycles. The maximum atomic E-state index is 13.4. The first kappa shape index (κ1) is 20.0. The number of carbonyl (C=O) groups is 1. The van der Waals surface area contributed by atoms with Crippen LogP contribution in [0.4, 0.5) is 0 Å². The van der Waals surface area contributed by atoms with Crippen molar-refractivity contribution in [3.8, 4) is 11.5 Å². The van der Waals surface area contributed by atoms with Crippen LogP contribution in [0.3, 0.4) is 0 Å². The first-order valence-electron chi connectivity index (χ1n) is 9.69. The fraction of sp³-hybridized carbons (Fsp3) is 0.304. The van der Waals surface area contributed by atoms with Crippen molar-refractivity contribution >= 4 is 16.9 Å². The number of hydrogen-bond donors (Lipinski definition) is 0. The van der Waals surface area contributed by atoms with Gasteiger partial charge < -0.3 is 23.7 Å². The summed E-state index contributed by atoms with van der Waals surface area (Å²) in [7, 11) is 7.00. The predicted molar refractivity (Wildman–Crippen MR) is 113 cm³/mol. The van der Waals surface area contributed by atoms with E-state index in [1.54, 1.807) is 49.5 Å². The molecule has 1 aliphatic rings. The monoisotopic (exact) mass is 408 g/mol. The molecule has 3 aromatic rings. The standard InChI is InChI=1S/C23H24N2O5/c1-24(2)11-12-25-20(14-9-10-17(28-3)18(13-14)29-4)19-21(26)15-7-5-6-8-16(15)30-22(19)23(25)27/h5-10,13,20H,11-12H2,1-4H3. The number of carbonyl (C=O) groups excluding carboxylic acids is 1. The fourth-order valence-corrected chi connectivity index (χ4v) is 3.87. The minimum absolute atomic E-state index is 0.109. The Bertz CT molecular complexity index is 1170. The van der Waals surface area contributed by atoms with Crippen LogP contribution in [0.1, 0.15) is 27.7 Å². The second kappa shape index (κ2) is 7.84. The van der Waals surface area contributed by atoms with Crippen LogP contribution < -0.4 is 14.9 Å². The predicted octanol–water partition coefficient (Wildman–Crippen LogP) is 2.92. The molecular formula is C23H24N2O5. The molecule has 1 atom stereocenters. The van der Waals surface area contributed by atoms with Gasteiger partial charge in [-0.15, -0.1) is 0 Å². The average molecular weight is 408 g/mol. The summed E-state index contributed by atoms with van der Waals surface area (Å²) in [5.74, 6) is 0.941. The average Bonchev–Trinajstić information content (AvgIpc) is 3.03. The van der Waals surface area contributed by atoms with E-state index in [2.05, 4.69) is 0 Å². The molecule has 0 saturated heterocycles. The topological polar surface area (TPSA) is 72.2 Å². The highest BCUT2D eigenvalue weighted by molar-refractivity contribution is 5.99. The van der Waals surface area contributed by atoms with Crippen molar-refractivity contribution in [1.29, 1.82) is 0 Å². The highest BCUT2D eigenvalue weighted by atomic mass is 16.5. The van der Waals surface area contributed by atoms with Crippen molar-refractivity contribution in [2.75, 3.05) is 41.4 Å². The molecule has 7 heteroatoms. The summed E-state index contributed by atoms with van der Waals surface area (Å²) in [6.07, 6.45) is 0. The van der Waals surface area contributed by atoms with Gasteiger partial charge in [-0.1, -0.05) is 18.2 Å². The third-order valence-electron chi connectivity index (χ3n) is 5.38. The summed E-state index contributed by atoms with van der Waals surface area (Å²) in [5.41, 5.74) is 1.35. The molecule has 0 N–H and O–H groups in total. The lowest BCUT2D eigenvalue weighted by Gasteiger charge is -2.27. The van der Waals surface area contributed by atoms with Gasteiger partial charge >= 0.3 is 0 Å². The molecule has 0 aliphatic carbocycles. The molecule has 4 rings (SSSR count). The Morgan fingerprint density at radius 1 is 1.03 bits per heavy atom. The Labute approximate surface area is 174 Å². The Kier molecular flexibility index (Phi) is 5.22. The second-order valence-corrected chi connectivity index (χ2v) is 7.49.